The van der Waals surface area contributed by atoms with Crippen LogP contribution in [0, 0.1) is 0 Å². The van der Waals surface area contributed by atoms with Crippen LogP contribution < -0.4 is 15.0 Å². The second-order valence-corrected chi connectivity index (χ2v) is 8.55. The molecule has 3 aromatic heterocycles. The number of morpholine rings is 1. The Morgan fingerprint density at radius 2 is 1.64 bits per heavy atom. The minimum atomic E-state index is 0.514. The highest BCUT2D eigenvalue weighted by Crippen LogP contribution is 2.26. The third-order valence-electron chi connectivity index (χ3n) is 6.30. The van der Waals surface area contributed by atoms with Crippen LogP contribution in [0.1, 0.15) is 0 Å². The zero-order chi connectivity index (χ0) is 24.3. The molecule has 180 valence electrons. The summed E-state index contributed by atoms with van der Waals surface area (Å²) >= 11 is 0. The van der Waals surface area contributed by atoms with Crippen molar-refractivity contribution >= 4 is 23.0 Å². The van der Waals surface area contributed by atoms with Gasteiger partial charge in [0, 0.05) is 29.9 Å². The smallest absolute Gasteiger partial charge is 0.247 e. The molecule has 0 atom stereocenters. The van der Waals surface area contributed by atoms with Gasteiger partial charge in [-0.05, 0) is 60.7 Å². The molecule has 8 heteroatoms. The van der Waals surface area contributed by atoms with Gasteiger partial charge >= 0.3 is 0 Å². The molecule has 1 fully saturated rings. The second-order valence-electron chi connectivity index (χ2n) is 8.55. The summed E-state index contributed by atoms with van der Waals surface area (Å²) < 4.78 is 12.6. The maximum Gasteiger partial charge on any atom is 0.247 e. The zero-order valence-corrected chi connectivity index (χ0v) is 20.0. The van der Waals surface area contributed by atoms with Crippen LogP contribution in [-0.4, -0.2) is 53.0 Å². The van der Waals surface area contributed by atoms with E-state index in [4.69, 9.17) is 9.47 Å². The van der Waals surface area contributed by atoms with Crippen LogP contribution in [-0.2, 0) is 4.74 Å². The molecule has 36 heavy (non-hydrogen) atoms. The normalized spacial score (nSPS) is 13.6. The molecule has 0 spiro atoms. The average molecular weight is 479 g/mol. The van der Waals surface area contributed by atoms with Gasteiger partial charge in [-0.3, -0.25) is 4.98 Å². The van der Waals surface area contributed by atoms with E-state index in [1.54, 1.807) is 13.3 Å². The van der Waals surface area contributed by atoms with Gasteiger partial charge in [0.25, 0.3) is 0 Å². The lowest BCUT2D eigenvalue weighted by Gasteiger charge is -2.28. The molecule has 1 N–H and O–H groups in total. The van der Waals surface area contributed by atoms with Crippen LogP contribution >= 0.6 is 0 Å². The van der Waals surface area contributed by atoms with Crippen LogP contribution in [0.2, 0.25) is 0 Å². The Morgan fingerprint density at radius 3 is 2.36 bits per heavy atom. The van der Waals surface area contributed by atoms with E-state index in [1.165, 1.54) is 5.69 Å². The van der Waals surface area contributed by atoms with Gasteiger partial charge in [-0.15, -0.1) is 5.10 Å². The molecule has 5 aromatic rings. The van der Waals surface area contributed by atoms with Gasteiger partial charge in [-0.1, -0.05) is 18.2 Å². The molecule has 0 unspecified atom stereocenters. The third kappa shape index (κ3) is 4.46. The van der Waals surface area contributed by atoms with E-state index in [2.05, 4.69) is 49.5 Å². The molecule has 0 saturated carbocycles. The number of ether oxygens (including phenoxy) is 2. The molecule has 1 aliphatic heterocycles. The lowest BCUT2D eigenvalue weighted by Crippen LogP contribution is -2.36. The van der Waals surface area contributed by atoms with Crippen molar-refractivity contribution < 1.29 is 9.47 Å². The maximum atomic E-state index is 5.45. The van der Waals surface area contributed by atoms with Gasteiger partial charge in [0.05, 0.1) is 43.6 Å². The fraction of sp³-hybridized carbons (Fsp3) is 0.179. The molecule has 6 rings (SSSR count). The number of anilines is 3. The molecule has 4 heterocycles. The molecule has 0 aliphatic carbocycles. The lowest BCUT2D eigenvalue weighted by molar-refractivity contribution is 0.122. The second kappa shape index (κ2) is 9.67. The Bertz CT molecular complexity index is 1460. The molecule has 8 nitrogen and oxygen atoms in total. The number of nitrogens with zero attached hydrogens (tertiary/aromatic N) is 5. The highest BCUT2D eigenvalue weighted by molar-refractivity contribution is 5.67. The number of hydrogen-bond acceptors (Lipinski definition) is 7. The van der Waals surface area contributed by atoms with Gasteiger partial charge in [-0.2, -0.15) is 4.98 Å². The summed E-state index contributed by atoms with van der Waals surface area (Å²) in [6.07, 6.45) is 1.81. The van der Waals surface area contributed by atoms with E-state index in [1.807, 2.05) is 59.1 Å². The summed E-state index contributed by atoms with van der Waals surface area (Å²) in [6.45, 7) is 3.41. The fourth-order valence-electron chi connectivity index (χ4n) is 4.37. The number of hydrogen-bond donors (Lipinski definition) is 1. The number of nitrogens with one attached hydrogen (secondary N) is 1. The Morgan fingerprint density at radius 1 is 0.861 bits per heavy atom. The van der Waals surface area contributed by atoms with Crippen LogP contribution in [0.5, 0.6) is 5.75 Å². The number of rotatable bonds is 6. The molecule has 2 aromatic carbocycles. The Labute approximate surface area is 209 Å². The lowest BCUT2D eigenvalue weighted by atomic mass is 10.1. The summed E-state index contributed by atoms with van der Waals surface area (Å²) in [4.78, 5) is 11.6. The number of aromatic nitrogens is 4. The van der Waals surface area contributed by atoms with Gasteiger partial charge < -0.3 is 19.7 Å². The van der Waals surface area contributed by atoms with Gasteiger partial charge in [-0.25, -0.2) is 4.52 Å². The summed E-state index contributed by atoms with van der Waals surface area (Å²) in [6, 6.07) is 26.4. The summed E-state index contributed by atoms with van der Waals surface area (Å²) in [5, 5.41) is 7.96. The number of benzene rings is 2. The predicted molar refractivity (Wildman–Crippen MR) is 141 cm³/mol. The highest BCUT2D eigenvalue weighted by atomic mass is 16.5. The van der Waals surface area contributed by atoms with Crippen LogP contribution in [0.3, 0.4) is 0 Å². The Balaban J connectivity index is 1.19. The highest BCUT2D eigenvalue weighted by Gasteiger charge is 2.12. The largest absolute Gasteiger partial charge is 0.497 e. The first-order chi connectivity index (χ1) is 17.8. The van der Waals surface area contributed by atoms with E-state index in [0.29, 0.717) is 5.95 Å². The first-order valence-corrected chi connectivity index (χ1v) is 11.9. The number of pyridine rings is 2. The van der Waals surface area contributed by atoms with Crippen LogP contribution in [0.4, 0.5) is 17.3 Å². The fourth-order valence-corrected chi connectivity index (χ4v) is 4.37. The maximum absolute atomic E-state index is 5.45. The van der Waals surface area contributed by atoms with Crippen molar-refractivity contribution in [2.24, 2.45) is 0 Å². The van der Waals surface area contributed by atoms with Crippen molar-refractivity contribution in [3.8, 4) is 28.3 Å². The van der Waals surface area contributed by atoms with E-state index in [-0.39, 0.29) is 0 Å². The summed E-state index contributed by atoms with van der Waals surface area (Å²) in [5.74, 6) is 1.33. The molecule has 1 aliphatic rings. The summed E-state index contributed by atoms with van der Waals surface area (Å²) in [5.41, 5.74) is 6.77. The molecule has 0 amide bonds. The van der Waals surface area contributed by atoms with E-state index >= 15 is 0 Å². The minimum Gasteiger partial charge on any atom is -0.497 e. The standard InChI is InChI=1S/C28H26N6O2/c1-35-24-12-7-21(8-13-24)26-3-2-4-27-31-28(32-34(26)27)30-22-9-14-25(29-19-22)20-5-10-23(11-6-20)33-15-17-36-18-16-33/h2-14,19H,15-18H2,1H3,(H,30,32). The van der Waals surface area contributed by atoms with Crippen molar-refractivity contribution in [3.63, 3.8) is 0 Å². The zero-order valence-electron chi connectivity index (χ0n) is 20.0. The average Bonchev–Trinajstić information content (AvgIpc) is 3.37. The third-order valence-corrected chi connectivity index (χ3v) is 6.30. The number of methoxy groups -OCH3 is 1. The van der Waals surface area contributed by atoms with Crippen LogP contribution in [0.15, 0.2) is 85.1 Å². The predicted octanol–water partition coefficient (Wildman–Crippen LogP) is 5.05. The number of fused-ring (bicyclic) bond motifs is 1. The van der Waals surface area contributed by atoms with E-state index in [0.717, 1.165) is 65.9 Å². The molecule has 0 radical (unpaired) electrons. The van der Waals surface area contributed by atoms with Crippen molar-refractivity contribution in [3.05, 3.63) is 85.1 Å². The van der Waals surface area contributed by atoms with Gasteiger partial charge in [0.1, 0.15) is 5.75 Å². The van der Waals surface area contributed by atoms with Crippen LogP contribution in [0.25, 0.3) is 28.2 Å². The molecular formula is C28H26N6O2. The quantitative estimate of drug-likeness (QED) is 0.366. The van der Waals surface area contributed by atoms with Crippen molar-refractivity contribution in [2.75, 3.05) is 43.6 Å². The van der Waals surface area contributed by atoms with Gasteiger partial charge in [0.2, 0.25) is 5.95 Å². The minimum absolute atomic E-state index is 0.514. The summed E-state index contributed by atoms with van der Waals surface area (Å²) in [7, 11) is 1.66. The monoisotopic (exact) mass is 478 g/mol. The van der Waals surface area contributed by atoms with Crippen molar-refractivity contribution in [2.45, 2.75) is 0 Å². The first-order valence-electron chi connectivity index (χ1n) is 11.9. The van der Waals surface area contributed by atoms with Crippen molar-refractivity contribution in [1.82, 2.24) is 19.6 Å². The van der Waals surface area contributed by atoms with Crippen molar-refractivity contribution in [1.29, 1.82) is 0 Å². The molecule has 0 bridgehead atoms. The first kappa shape index (κ1) is 22.1. The Hall–Kier alpha value is -4.43. The molecular weight excluding hydrogens is 452 g/mol. The van der Waals surface area contributed by atoms with Gasteiger partial charge in [0.15, 0.2) is 5.65 Å². The topological polar surface area (TPSA) is 76.8 Å². The van der Waals surface area contributed by atoms with E-state index < -0.39 is 0 Å². The molecule has 1 saturated heterocycles. The SMILES string of the molecule is COc1ccc(-c2cccc3nc(Nc4ccc(-c5ccc(N6CCOCC6)cc5)nc4)nn23)cc1. The Kier molecular flexibility index (Phi) is 5.93. The van der Waals surface area contributed by atoms with E-state index in [9.17, 15) is 0 Å².